The molecule has 2 N–H and O–H groups in total. The van der Waals surface area contributed by atoms with Gasteiger partial charge in [0.25, 0.3) is 5.91 Å². The first-order valence-electron chi connectivity index (χ1n) is 8.22. The maximum Gasteiger partial charge on any atom is 0.325 e. The van der Waals surface area contributed by atoms with E-state index < -0.39 is 29.8 Å². The molecule has 1 aromatic carbocycles. The Bertz CT molecular complexity index is 742. The topological polar surface area (TPSA) is 78.5 Å². The van der Waals surface area contributed by atoms with Crippen LogP contribution in [-0.2, 0) is 9.59 Å². The second-order valence-corrected chi connectivity index (χ2v) is 7.02. The third kappa shape index (κ3) is 3.20. The first-order chi connectivity index (χ1) is 11.8. The van der Waals surface area contributed by atoms with Crippen molar-refractivity contribution in [3.8, 4) is 0 Å². The molecule has 0 radical (unpaired) electrons. The number of anilines is 1. The molecule has 1 saturated heterocycles. The highest BCUT2D eigenvalue weighted by molar-refractivity contribution is 6.31. The molecule has 1 aromatic rings. The SMILES string of the molecule is C[C@@H]1CCCC[C@@]12NC(=O)N(CC(=O)Nc1ccc(F)c(Cl)c1)C2=O. The molecule has 0 unspecified atom stereocenters. The smallest absolute Gasteiger partial charge is 0.324 e. The highest BCUT2D eigenvalue weighted by Crippen LogP contribution is 2.38. The number of hydrogen-bond acceptors (Lipinski definition) is 3. The molecule has 8 heteroatoms. The van der Waals surface area contributed by atoms with Crippen LogP contribution in [-0.4, -0.2) is 34.8 Å². The zero-order valence-electron chi connectivity index (χ0n) is 13.8. The largest absolute Gasteiger partial charge is 0.325 e. The third-order valence-corrected chi connectivity index (χ3v) is 5.30. The number of carbonyl (C=O) groups excluding carboxylic acids is 3. The summed E-state index contributed by atoms with van der Waals surface area (Å²) in [6.45, 7) is 1.55. The number of nitrogens with zero attached hydrogens (tertiary/aromatic N) is 1. The first-order valence-corrected chi connectivity index (χ1v) is 8.60. The molecule has 0 bridgehead atoms. The molecule has 1 aliphatic heterocycles. The van der Waals surface area contributed by atoms with E-state index in [9.17, 15) is 18.8 Å². The van der Waals surface area contributed by atoms with Crippen molar-refractivity contribution in [3.63, 3.8) is 0 Å². The Morgan fingerprint density at radius 1 is 1.44 bits per heavy atom. The van der Waals surface area contributed by atoms with Crippen LogP contribution in [0.15, 0.2) is 18.2 Å². The number of rotatable bonds is 3. The van der Waals surface area contributed by atoms with Gasteiger partial charge in [0.15, 0.2) is 0 Å². The second-order valence-electron chi connectivity index (χ2n) is 6.62. The van der Waals surface area contributed by atoms with Crippen LogP contribution in [0.5, 0.6) is 0 Å². The standard InChI is InChI=1S/C17H19ClFN3O3/c1-10-4-2-3-7-17(10)15(24)22(16(25)21-17)9-14(23)20-11-5-6-13(19)12(18)8-11/h5-6,8,10H,2-4,7,9H2,1H3,(H,20,23)(H,21,25)/t10-,17-/m1/s1. The molecule has 1 aliphatic carbocycles. The van der Waals surface area contributed by atoms with Gasteiger partial charge in [0, 0.05) is 5.69 Å². The fourth-order valence-corrected chi connectivity index (χ4v) is 3.74. The van der Waals surface area contributed by atoms with Crippen LogP contribution in [0.3, 0.4) is 0 Å². The lowest BCUT2D eigenvalue weighted by Gasteiger charge is -2.36. The molecule has 3 rings (SSSR count). The van der Waals surface area contributed by atoms with Gasteiger partial charge in [0.1, 0.15) is 17.9 Å². The first kappa shape index (κ1) is 17.7. The maximum absolute atomic E-state index is 13.2. The minimum atomic E-state index is -0.894. The van der Waals surface area contributed by atoms with E-state index in [0.717, 1.165) is 30.2 Å². The molecular formula is C17H19ClFN3O3. The Kier molecular flexibility index (Phi) is 4.69. The molecule has 6 nitrogen and oxygen atoms in total. The van der Waals surface area contributed by atoms with Crippen molar-refractivity contribution in [2.24, 2.45) is 5.92 Å². The number of imide groups is 1. The molecule has 1 spiro atoms. The zero-order valence-corrected chi connectivity index (χ0v) is 14.5. The summed E-state index contributed by atoms with van der Waals surface area (Å²) in [4.78, 5) is 38.1. The molecule has 2 fully saturated rings. The van der Waals surface area contributed by atoms with Crippen molar-refractivity contribution in [2.45, 2.75) is 38.1 Å². The van der Waals surface area contributed by atoms with E-state index in [-0.39, 0.29) is 16.8 Å². The minimum absolute atomic E-state index is 0.0293. The number of halogens is 2. The second kappa shape index (κ2) is 6.63. The molecule has 0 aromatic heterocycles. The van der Waals surface area contributed by atoms with E-state index in [1.54, 1.807) is 0 Å². The van der Waals surface area contributed by atoms with Crippen molar-refractivity contribution in [1.82, 2.24) is 10.2 Å². The summed E-state index contributed by atoms with van der Waals surface area (Å²) in [7, 11) is 0. The Morgan fingerprint density at radius 2 is 2.20 bits per heavy atom. The van der Waals surface area contributed by atoms with Crippen LogP contribution in [0, 0.1) is 11.7 Å². The number of hydrogen-bond donors (Lipinski definition) is 2. The summed E-state index contributed by atoms with van der Waals surface area (Å²) in [6.07, 6.45) is 3.34. The van der Waals surface area contributed by atoms with E-state index in [4.69, 9.17) is 11.6 Å². The number of amides is 4. The summed E-state index contributed by atoms with van der Waals surface area (Å²) in [5.41, 5.74) is -0.598. The van der Waals surface area contributed by atoms with Crippen LogP contribution in [0.2, 0.25) is 5.02 Å². The van der Waals surface area contributed by atoms with E-state index in [0.29, 0.717) is 12.1 Å². The van der Waals surface area contributed by atoms with Crippen molar-refractivity contribution in [1.29, 1.82) is 0 Å². The van der Waals surface area contributed by atoms with Crippen molar-refractivity contribution >= 4 is 35.1 Å². The van der Waals surface area contributed by atoms with E-state index in [1.807, 2.05) is 6.92 Å². The molecule has 1 saturated carbocycles. The Labute approximate surface area is 149 Å². The van der Waals surface area contributed by atoms with Gasteiger partial charge in [-0.1, -0.05) is 31.4 Å². The summed E-state index contributed by atoms with van der Waals surface area (Å²) < 4.78 is 13.2. The van der Waals surface area contributed by atoms with Crippen LogP contribution in [0.1, 0.15) is 32.6 Å². The lowest BCUT2D eigenvalue weighted by Crippen LogP contribution is -2.54. The van der Waals surface area contributed by atoms with Crippen LogP contribution in [0.25, 0.3) is 0 Å². The fourth-order valence-electron chi connectivity index (χ4n) is 3.56. The third-order valence-electron chi connectivity index (χ3n) is 5.01. The monoisotopic (exact) mass is 367 g/mol. The van der Waals surface area contributed by atoms with Gasteiger partial charge in [-0.15, -0.1) is 0 Å². The number of urea groups is 1. The van der Waals surface area contributed by atoms with Gasteiger partial charge in [-0.3, -0.25) is 14.5 Å². The molecule has 4 amide bonds. The summed E-state index contributed by atoms with van der Waals surface area (Å²) >= 11 is 5.67. The van der Waals surface area contributed by atoms with Crippen LogP contribution >= 0.6 is 11.6 Å². The van der Waals surface area contributed by atoms with Gasteiger partial charge < -0.3 is 10.6 Å². The van der Waals surface area contributed by atoms with Gasteiger partial charge in [0.2, 0.25) is 5.91 Å². The number of carbonyl (C=O) groups is 3. The Hall–Kier alpha value is -2.15. The van der Waals surface area contributed by atoms with E-state index in [1.165, 1.54) is 12.1 Å². The molecule has 2 atom stereocenters. The normalized spacial score (nSPS) is 26.0. The average molecular weight is 368 g/mol. The quantitative estimate of drug-likeness (QED) is 0.806. The fraction of sp³-hybridized carbons (Fsp3) is 0.471. The molecule has 134 valence electrons. The maximum atomic E-state index is 13.2. The lowest BCUT2D eigenvalue weighted by atomic mass is 9.73. The average Bonchev–Trinajstić information content (AvgIpc) is 2.79. The molecular weight excluding hydrogens is 349 g/mol. The molecule has 1 heterocycles. The highest BCUT2D eigenvalue weighted by atomic mass is 35.5. The van der Waals surface area contributed by atoms with Crippen LogP contribution in [0.4, 0.5) is 14.9 Å². The number of nitrogens with one attached hydrogen (secondary N) is 2. The van der Waals surface area contributed by atoms with Gasteiger partial charge in [0.05, 0.1) is 5.02 Å². The highest BCUT2D eigenvalue weighted by Gasteiger charge is 2.55. The Morgan fingerprint density at radius 3 is 2.88 bits per heavy atom. The zero-order chi connectivity index (χ0) is 18.2. The van der Waals surface area contributed by atoms with Crippen molar-refractivity contribution in [2.75, 3.05) is 11.9 Å². The summed E-state index contributed by atoms with van der Waals surface area (Å²) in [5, 5.41) is 5.19. The van der Waals surface area contributed by atoms with Crippen molar-refractivity contribution in [3.05, 3.63) is 29.0 Å². The van der Waals surface area contributed by atoms with Gasteiger partial charge in [-0.2, -0.15) is 0 Å². The van der Waals surface area contributed by atoms with E-state index >= 15 is 0 Å². The predicted octanol–water partition coefficient (Wildman–Crippen LogP) is 2.92. The number of benzene rings is 1. The van der Waals surface area contributed by atoms with Gasteiger partial charge in [-0.05, 0) is 37.0 Å². The lowest BCUT2D eigenvalue weighted by molar-refractivity contribution is -0.136. The van der Waals surface area contributed by atoms with Crippen LogP contribution < -0.4 is 10.6 Å². The predicted molar refractivity (Wildman–Crippen MR) is 90.6 cm³/mol. The minimum Gasteiger partial charge on any atom is -0.324 e. The summed E-state index contributed by atoms with van der Waals surface area (Å²) in [5.74, 6) is -1.47. The van der Waals surface area contributed by atoms with Crippen molar-refractivity contribution < 1.29 is 18.8 Å². The Balaban J connectivity index is 1.69. The molecule has 25 heavy (non-hydrogen) atoms. The summed E-state index contributed by atoms with van der Waals surface area (Å²) in [6, 6.07) is 3.21. The van der Waals surface area contributed by atoms with Gasteiger partial charge >= 0.3 is 6.03 Å². The molecule has 2 aliphatic rings. The van der Waals surface area contributed by atoms with Gasteiger partial charge in [-0.25, -0.2) is 9.18 Å². The van der Waals surface area contributed by atoms with E-state index in [2.05, 4.69) is 10.6 Å².